The molecule has 4 aliphatic rings. The molecule has 0 amide bonds. The Bertz CT molecular complexity index is 907. The number of hydrogen-bond acceptors (Lipinski definition) is 5. The predicted octanol–water partition coefficient (Wildman–Crippen LogP) is 4.04. The summed E-state index contributed by atoms with van der Waals surface area (Å²) in [7, 11) is 0. The van der Waals surface area contributed by atoms with Crippen LogP contribution >= 0.6 is 15.9 Å². The summed E-state index contributed by atoms with van der Waals surface area (Å²) >= 11 is 3.21. The van der Waals surface area contributed by atoms with E-state index in [2.05, 4.69) is 15.9 Å². The largest absolute Gasteiger partial charge is 0.450 e. The first-order valence-electron chi connectivity index (χ1n) is 11.3. The Hall–Kier alpha value is -1.15. The van der Waals surface area contributed by atoms with Crippen LogP contribution in [0.1, 0.15) is 59.8 Å². The molecule has 8 heteroatoms. The number of aliphatic hydroxyl groups excluding tert-OH is 1. The minimum atomic E-state index is -2.14. The molecular formula is C24H31BrF2O5. The molecule has 0 saturated heterocycles. The highest BCUT2D eigenvalue weighted by Gasteiger charge is 2.78. The number of ketones is 2. The molecule has 0 heterocycles. The van der Waals surface area contributed by atoms with E-state index in [4.69, 9.17) is 4.74 Å². The number of Topliss-reactive ketones (excluding diaryl/α,β-unsaturated/α-hetero) is 1. The van der Waals surface area contributed by atoms with Crippen molar-refractivity contribution in [3.05, 3.63) is 11.6 Å². The fourth-order valence-corrected chi connectivity index (χ4v) is 8.49. The smallest absolute Gasteiger partial charge is 0.303 e. The molecule has 4 aliphatic carbocycles. The maximum Gasteiger partial charge on any atom is 0.303 e. The van der Waals surface area contributed by atoms with Crippen LogP contribution < -0.4 is 0 Å². The molecular weight excluding hydrogens is 486 g/mol. The minimum absolute atomic E-state index is 0.0487. The number of rotatable bonds is 3. The van der Waals surface area contributed by atoms with Gasteiger partial charge in [-0.3, -0.25) is 14.4 Å². The fraction of sp³-hybridized carbons (Fsp3) is 0.792. The van der Waals surface area contributed by atoms with Gasteiger partial charge < -0.3 is 9.84 Å². The molecule has 0 radical (unpaired) electrons. The quantitative estimate of drug-likeness (QED) is 0.452. The van der Waals surface area contributed by atoms with E-state index in [0.29, 0.717) is 6.42 Å². The van der Waals surface area contributed by atoms with E-state index in [1.54, 1.807) is 20.8 Å². The number of fused-ring (bicyclic) bond motifs is 5. The van der Waals surface area contributed by atoms with Crippen LogP contribution in [0.3, 0.4) is 0 Å². The van der Waals surface area contributed by atoms with Gasteiger partial charge in [-0.2, -0.15) is 0 Å². The molecule has 178 valence electrons. The Balaban J connectivity index is 1.88. The highest BCUT2D eigenvalue weighted by Crippen LogP contribution is 2.72. The highest BCUT2D eigenvalue weighted by atomic mass is 79.9. The second kappa shape index (κ2) is 7.42. The number of ether oxygens (including phenoxy) is 1. The van der Waals surface area contributed by atoms with Gasteiger partial charge in [0, 0.05) is 36.0 Å². The van der Waals surface area contributed by atoms with Gasteiger partial charge in [-0.1, -0.05) is 36.7 Å². The first kappa shape index (κ1) is 24.0. The number of halogens is 3. The monoisotopic (exact) mass is 516 g/mol. The van der Waals surface area contributed by atoms with Crippen LogP contribution in [0.4, 0.5) is 8.78 Å². The van der Waals surface area contributed by atoms with Crippen molar-refractivity contribution in [2.75, 3.05) is 5.33 Å². The Morgan fingerprint density at radius 3 is 2.53 bits per heavy atom. The third-order valence-electron chi connectivity index (χ3n) is 9.41. The zero-order valence-electron chi connectivity index (χ0n) is 18.9. The van der Waals surface area contributed by atoms with E-state index >= 15 is 8.78 Å². The lowest BCUT2D eigenvalue weighted by atomic mass is 9.43. The van der Waals surface area contributed by atoms with Crippen molar-refractivity contribution in [3.63, 3.8) is 0 Å². The summed E-state index contributed by atoms with van der Waals surface area (Å²) in [4.78, 5) is 37.4. The third kappa shape index (κ3) is 2.71. The molecule has 0 aliphatic heterocycles. The SMILES string of the molecule is CC(=O)O[C@@]1(C(=O)CBr)[C@@H](C)C[C@H]2[C@@H]3C[C@H](F)C4=CC(=O)CC[C@]4(C)[C@@]3(F)[C@@H](O)C[C@@]21C. The number of carbonyl (C=O) groups is 3. The second-order valence-corrected chi connectivity index (χ2v) is 11.3. The van der Waals surface area contributed by atoms with Gasteiger partial charge in [0.2, 0.25) is 0 Å². The van der Waals surface area contributed by atoms with Crippen molar-refractivity contribution >= 4 is 33.5 Å². The normalized spacial score (nSPS) is 50.1. The number of aliphatic hydroxyl groups is 1. The van der Waals surface area contributed by atoms with Gasteiger partial charge in [-0.05, 0) is 43.3 Å². The standard InChI is InChI=1S/C24H31BrF2O5/c1-12-7-15-16-9-18(26)17-8-14(29)5-6-21(17,3)23(16,27)19(30)10-22(15,4)24(12,20(31)11-25)32-13(2)28/h8,12,15-16,18-19,30H,5-7,9-11H2,1-4H3/t12-,15-,16-,18-,19-,21-,22-,23-,24+/m0/s1. The Morgan fingerprint density at radius 2 is 1.94 bits per heavy atom. The summed E-state index contributed by atoms with van der Waals surface area (Å²) < 4.78 is 38.4. The molecule has 0 aromatic carbocycles. The summed E-state index contributed by atoms with van der Waals surface area (Å²) in [5.41, 5.74) is -5.89. The van der Waals surface area contributed by atoms with Crippen LogP contribution in [0.5, 0.6) is 0 Å². The number of allylic oxidation sites excluding steroid dienone is 1. The van der Waals surface area contributed by atoms with Crippen LogP contribution in [0.15, 0.2) is 11.6 Å². The predicted molar refractivity (Wildman–Crippen MR) is 117 cm³/mol. The number of hydrogen-bond donors (Lipinski definition) is 1. The van der Waals surface area contributed by atoms with Gasteiger partial charge in [0.25, 0.3) is 0 Å². The van der Waals surface area contributed by atoms with E-state index in [1.807, 2.05) is 0 Å². The Kier molecular flexibility index (Phi) is 5.57. The van der Waals surface area contributed by atoms with Crippen LogP contribution in [0.2, 0.25) is 0 Å². The van der Waals surface area contributed by atoms with Gasteiger partial charge in [0.15, 0.2) is 17.2 Å². The van der Waals surface area contributed by atoms with Gasteiger partial charge in [-0.25, -0.2) is 8.78 Å². The summed E-state index contributed by atoms with van der Waals surface area (Å²) in [5.74, 6) is -2.92. The molecule has 1 N–H and O–H groups in total. The maximum absolute atomic E-state index is 17.2. The van der Waals surface area contributed by atoms with E-state index in [0.717, 1.165) is 0 Å². The van der Waals surface area contributed by atoms with Crippen LogP contribution in [0.25, 0.3) is 0 Å². The zero-order chi connectivity index (χ0) is 23.9. The topological polar surface area (TPSA) is 80.7 Å². The molecule has 0 aromatic heterocycles. The summed E-state index contributed by atoms with van der Waals surface area (Å²) in [6, 6.07) is 0. The summed E-state index contributed by atoms with van der Waals surface area (Å²) in [6.07, 6.45) is -1.40. The molecule has 0 spiro atoms. The van der Waals surface area contributed by atoms with Gasteiger partial charge in [0.1, 0.15) is 11.8 Å². The van der Waals surface area contributed by atoms with E-state index in [9.17, 15) is 19.5 Å². The van der Waals surface area contributed by atoms with E-state index < -0.39 is 58.1 Å². The molecule has 5 nitrogen and oxygen atoms in total. The van der Waals surface area contributed by atoms with Gasteiger partial charge in [0.05, 0.1) is 11.4 Å². The van der Waals surface area contributed by atoms with Crippen LogP contribution in [0, 0.1) is 28.6 Å². The van der Waals surface area contributed by atoms with Gasteiger partial charge >= 0.3 is 5.97 Å². The van der Waals surface area contributed by atoms with Crippen LogP contribution in [-0.4, -0.2) is 51.5 Å². The van der Waals surface area contributed by atoms with Crippen molar-refractivity contribution < 1.29 is 33.0 Å². The first-order chi connectivity index (χ1) is 14.8. The minimum Gasteiger partial charge on any atom is -0.450 e. The first-order valence-corrected chi connectivity index (χ1v) is 12.5. The average Bonchev–Trinajstić information content (AvgIpc) is 2.92. The molecule has 4 rings (SSSR count). The maximum atomic E-state index is 17.2. The molecule has 0 unspecified atom stereocenters. The highest BCUT2D eigenvalue weighted by molar-refractivity contribution is 9.09. The molecule has 3 fully saturated rings. The lowest BCUT2D eigenvalue weighted by Gasteiger charge is -2.64. The molecule has 3 saturated carbocycles. The molecule has 32 heavy (non-hydrogen) atoms. The van der Waals surface area contributed by atoms with Crippen molar-refractivity contribution in [1.29, 1.82) is 0 Å². The Morgan fingerprint density at radius 1 is 1.28 bits per heavy atom. The van der Waals surface area contributed by atoms with E-state index in [-0.39, 0.29) is 48.2 Å². The Labute approximate surface area is 195 Å². The number of alkyl halides is 3. The fourth-order valence-electron chi connectivity index (χ4n) is 8.07. The van der Waals surface area contributed by atoms with E-state index in [1.165, 1.54) is 13.0 Å². The van der Waals surface area contributed by atoms with Crippen molar-refractivity contribution in [2.45, 2.75) is 83.3 Å². The lowest BCUT2D eigenvalue weighted by molar-refractivity contribution is -0.237. The van der Waals surface area contributed by atoms with Crippen molar-refractivity contribution in [1.82, 2.24) is 0 Å². The molecule has 0 bridgehead atoms. The van der Waals surface area contributed by atoms with Crippen molar-refractivity contribution in [2.24, 2.45) is 28.6 Å². The van der Waals surface area contributed by atoms with Crippen LogP contribution in [-0.2, 0) is 19.1 Å². The van der Waals surface area contributed by atoms with Gasteiger partial charge in [-0.15, -0.1) is 0 Å². The number of esters is 1. The average molecular weight is 517 g/mol. The lowest BCUT2D eigenvalue weighted by Crippen LogP contribution is -2.71. The zero-order valence-corrected chi connectivity index (χ0v) is 20.5. The second-order valence-electron chi connectivity index (χ2n) is 10.7. The summed E-state index contributed by atoms with van der Waals surface area (Å²) in [5, 5.41) is 11.3. The molecule has 0 aromatic rings. The third-order valence-corrected chi connectivity index (χ3v) is 9.91. The number of carbonyl (C=O) groups excluding carboxylic acids is 3. The summed E-state index contributed by atoms with van der Waals surface area (Å²) in [6.45, 7) is 6.44. The molecule has 9 atom stereocenters. The van der Waals surface area contributed by atoms with Crippen molar-refractivity contribution in [3.8, 4) is 0 Å².